The molecule has 1 unspecified atom stereocenters. The molecular formula is C25H24F5N5O2. The molecule has 0 fully saturated rings. The van der Waals surface area contributed by atoms with E-state index in [2.05, 4.69) is 10.2 Å². The third-order valence-electron chi connectivity index (χ3n) is 6.92. The summed E-state index contributed by atoms with van der Waals surface area (Å²) >= 11 is 0. The number of alkyl halides is 3. The van der Waals surface area contributed by atoms with Gasteiger partial charge in [-0.25, -0.2) is 8.78 Å². The maximum absolute atomic E-state index is 14.1. The number of halogens is 5. The van der Waals surface area contributed by atoms with E-state index in [0.717, 1.165) is 22.3 Å². The molecule has 0 bridgehead atoms. The molecule has 196 valence electrons. The fourth-order valence-corrected chi connectivity index (χ4v) is 5.05. The van der Waals surface area contributed by atoms with Crippen LogP contribution in [-0.2, 0) is 35.4 Å². The van der Waals surface area contributed by atoms with Crippen molar-refractivity contribution in [2.45, 2.75) is 56.8 Å². The third kappa shape index (κ3) is 5.08. The summed E-state index contributed by atoms with van der Waals surface area (Å²) < 4.78 is 74.5. The number of nitrogens with two attached hydrogens (primary N) is 1. The summed E-state index contributed by atoms with van der Waals surface area (Å²) in [7, 11) is 0. The van der Waals surface area contributed by atoms with E-state index in [1.807, 2.05) is 30.3 Å². The quantitative estimate of drug-likeness (QED) is 0.494. The Morgan fingerprint density at radius 2 is 1.78 bits per heavy atom. The van der Waals surface area contributed by atoms with Crippen LogP contribution < -0.4 is 5.73 Å². The summed E-state index contributed by atoms with van der Waals surface area (Å²) in [5.41, 5.74) is 8.32. The highest BCUT2D eigenvalue weighted by atomic mass is 19.4. The molecule has 1 amide bonds. The molecule has 7 nitrogen and oxygen atoms in total. The summed E-state index contributed by atoms with van der Waals surface area (Å²) in [5, 5.41) is 6.81. The summed E-state index contributed by atoms with van der Waals surface area (Å²) in [6, 6.07) is 10.9. The van der Waals surface area contributed by atoms with Crippen LogP contribution >= 0.6 is 0 Å². The number of ether oxygens (including phenoxy) is 1. The monoisotopic (exact) mass is 521 g/mol. The minimum Gasteiger partial charge on any atom is -0.369 e. The molecule has 3 atom stereocenters. The summed E-state index contributed by atoms with van der Waals surface area (Å²) in [4.78, 5) is 14.4. The van der Waals surface area contributed by atoms with Crippen molar-refractivity contribution in [2.75, 3.05) is 6.54 Å². The van der Waals surface area contributed by atoms with Crippen LogP contribution in [0.25, 0.3) is 0 Å². The number of amides is 1. The molecule has 0 spiro atoms. The van der Waals surface area contributed by atoms with Crippen molar-refractivity contribution in [1.82, 2.24) is 19.7 Å². The zero-order valence-corrected chi connectivity index (χ0v) is 19.6. The Morgan fingerprint density at radius 1 is 1.08 bits per heavy atom. The number of hydrogen-bond donors (Lipinski definition) is 1. The highest BCUT2D eigenvalue weighted by Crippen LogP contribution is 2.45. The van der Waals surface area contributed by atoms with E-state index in [9.17, 15) is 26.7 Å². The molecule has 3 aromatic rings. The lowest BCUT2D eigenvalue weighted by molar-refractivity contribution is -0.148. The topological polar surface area (TPSA) is 86.3 Å². The van der Waals surface area contributed by atoms with Gasteiger partial charge >= 0.3 is 6.18 Å². The van der Waals surface area contributed by atoms with Crippen molar-refractivity contribution in [3.05, 3.63) is 82.4 Å². The zero-order chi connectivity index (χ0) is 26.3. The first-order chi connectivity index (χ1) is 17.6. The molecule has 2 heterocycles. The zero-order valence-electron chi connectivity index (χ0n) is 19.6. The van der Waals surface area contributed by atoms with Crippen molar-refractivity contribution in [1.29, 1.82) is 0 Å². The molecule has 1 aromatic heterocycles. The van der Waals surface area contributed by atoms with Crippen molar-refractivity contribution in [3.63, 3.8) is 0 Å². The van der Waals surface area contributed by atoms with Gasteiger partial charge in [0.15, 0.2) is 17.5 Å². The molecule has 37 heavy (non-hydrogen) atoms. The highest BCUT2D eigenvalue weighted by molar-refractivity contribution is 5.77. The van der Waals surface area contributed by atoms with Gasteiger partial charge in [0.1, 0.15) is 0 Å². The Labute approximate surface area is 209 Å². The van der Waals surface area contributed by atoms with Crippen LogP contribution in [-0.4, -0.2) is 38.2 Å². The lowest BCUT2D eigenvalue weighted by atomic mass is 9.91. The van der Waals surface area contributed by atoms with Gasteiger partial charge in [-0.1, -0.05) is 30.3 Å². The number of nitrogens with zero attached hydrogens (tertiary/aromatic N) is 4. The first kappa shape index (κ1) is 25.3. The van der Waals surface area contributed by atoms with E-state index in [1.165, 1.54) is 4.90 Å². The van der Waals surface area contributed by atoms with Crippen LogP contribution in [0.3, 0.4) is 0 Å². The van der Waals surface area contributed by atoms with E-state index >= 15 is 0 Å². The first-order valence-corrected chi connectivity index (χ1v) is 11.8. The molecular weight excluding hydrogens is 497 g/mol. The van der Waals surface area contributed by atoms with Gasteiger partial charge in [0.25, 0.3) is 0 Å². The highest BCUT2D eigenvalue weighted by Gasteiger charge is 2.41. The van der Waals surface area contributed by atoms with Crippen molar-refractivity contribution >= 4 is 5.91 Å². The Hall–Kier alpha value is -3.38. The minimum atomic E-state index is -4.64. The molecule has 12 heteroatoms. The van der Waals surface area contributed by atoms with E-state index in [-0.39, 0.29) is 44.4 Å². The molecule has 2 N–H and O–H groups in total. The van der Waals surface area contributed by atoms with Crippen LogP contribution in [0.5, 0.6) is 0 Å². The van der Waals surface area contributed by atoms with Crippen LogP contribution in [0.1, 0.15) is 53.2 Å². The van der Waals surface area contributed by atoms with Crippen LogP contribution in [0.4, 0.5) is 22.0 Å². The van der Waals surface area contributed by atoms with E-state index in [4.69, 9.17) is 10.5 Å². The number of fused-ring (bicyclic) bond motifs is 2. The van der Waals surface area contributed by atoms with Gasteiger partial charge in [0.05, 0.1) is 19.3 Å². The number of rotatable bonds is 6. The van der Waals surface area contributed by atoms with E-state index in [1.54, 1.807) is 0 Å². The number of carbonyl (C=O) groups is 1. The van der Waals surface area contributed by atoms with Gasteiger partial charge in [0.2, 0.25) is 11.7 Å². The van der Waals surface area contributed by atoms with Crippen molar-refractivity contribution < 1.29 is 31.5 Å². The Bertz CT molecular complexity index is 1300. The maximum Gasteiger partial charge on any atom is 0.451 e. The molecule has 1 aliphatic carbocycles. The standard InChI is InChI=1S/C25H24F5N5O2/c26-18-8-15-16(10-21(17(15)9-19(18)27)37-13-14-4-2-1-3-5-14)20(31)11-23(36)34-6-7-35-22(12-34)32-33-24(35)25(28,29)30/h1-5,8-9,16,20-21H,6-7,10-13,31H2/t16?,20-,21-/m0/s1. The average molecular weight is 521 g/mol. The van der Waals surface area contributed by atoms with Gasteiger partial charge in [-0.05, 0) is 35.2 Å². The van der Waals surface area contributed by atoms with E-state index < -0.39 is 41.7 Å². The van der Waals surface area contributed by atoms with Crippen molar-refractivity contribution in [2.24, 2.45) is 5.73 Å². The molecule has 0 saturated carbocycles. The molecule has 0 radical (unpaired) electrons. The number of hydrogen-bond acceptors (Lipinski definition) is 5. The predicted octanol–water partition coefficient (Wildman–Crippen LogP) is 4.08. The fraction of sp³-hybridized carbons (Fsp3) is 0.400. The normalized spacial score (nSPS) is 20.0. The van der Waals surface area contributed by atoms with Gasteiger partial charge in [-0.3, -0.25) is 4.79 Å². The Balaban J connectivity index is 1.28. The lowest BCUT2D eigenvalue weighted by Gasteiger charge is -2.30. The second-order valence-corrected chi connectivity index (χ2v) is 9.30. The van der Waals surface area contributed by atoms with Crippen LogP contribution in [0.15, 0.2) is 42.5 Å². The smallest absolute Gasteiger partial charge is 0.369 e. The van der Waals surface area contributed by atoms with Gasteiger partial charge in [0, 0.05) is 31.5 Å². The lowest BCUT2D eigenvalue weighted by Crippen LogP contribution is -2.42. The third-order valence-corrected chi connectivity index (χ3v) is 6.92. The predicted molar refractivity (Wildman–Crippen MR) is 121 cm³/mol. The summed E-state index contributed by atoms with van der Waals surface area (Å²) in [6.07, 6.45) is -4.97. The van der Waals surface area contributed by atoms with Crippen LogP contribution in [0, 0.1) is 11.6 Å². The Kier molecular flexibility index (Phi) is 6.71. The molecule has 0 saturated heterocycles. The molecule has 2 aliphatic rings. The molecule has 2 aromatic carbocycles. The minimum absolute atomic E-state index is 0.0404. The fourth-order valence-electron chi connectivity index (χ4n) is 5.05. The Morgan fingerprint density at radius 3 is 2.49 bits per heavy atom. The number of benzene rings is 2. The molecule has 1 aliphatic heterocycles. The first-order valence-electron chi connectivity index (χ1n) is 11.8. The maximum atomic E-state index is 14.1. The van der Waals surface area contributed by atoms with Crippen LogP contribution in [0.2, 0.25) is 0 Å². The second-order valence-electron chi connectivity index (χ2n) is 9.30. The summed E-state index contributed by atoms with van der Waals surface area (Å²) in [6.45, 7) is 0.0889. The second kappa shape index (κ2) is 9.82. The number of aromatic nitrogens is 3. The SMILES string of the molecule is N[C@@H](CC(=O)N1CCn2c(nnc2C(F)(F)F)C1)C1C[C@H](OCc2ccccc2)c2cc(F)c(F)cc21. The van der Waals surface area contributed by atoms with Crippen molar-refractivity contribution in [3.8, 4) is 0 Å². The van der Waals surface area contributed by atoms with Gasteiger partial charge in [-0.15, -0.1) is 10.2 Å². The van der Waals surface area contributed by atoms with Gasteiger partial charge < -0.3 is 19.9 Å². The molecule has 5 rings (SSSR count). The van der Waals surface area contributed by atoms with E-state index in [0.29, 0.717) is 17.5 Å². The summed E-state index contributed by atoms with van der Waals surface area (Å²) in [5.74, 6) is -3.90. The average Bonchev–Trinajstić information content (AvgIpc) is 3.45. The number of carbonyl (C=O) groups excluding carboxylic acids is 1. The largest absolute Gasteiger partial charge is 0.451 e. The van der Waals surface area contributed by atoms with Gasteiger partial charge in [-0.2, -0.15) is 13.2 Å².